The average molecular weight is 393 g/mol. The first-order valence-electron chi connectivity index (χ1n) is 9.31. The van der Waals surface area contributed by atoms with Crippen LogP contribution in [0.3, 0.4) is 0 Å². The molecule has 0 aliphatic heterocycles. The Hall–Kier alpha value is -2.12. The van der Waals surface area contributed by atoms with Gasteiger partial charge in [0, 0.05) is 31.6 Å². The van der Waals surface area contributed by atoms with Gasteiger partial charge in [0.15, 0.2) is 11.8 Å². The number of halogens is 1. The highest BCUT2D eigenvalue weighted by Crippen LogP contribution is 2.26. The molecular formula is C19H29ClN6O. The van der Waals surface area contributed by atoms with Crippen LogP contribution >= 0.6 is 11.6 Å². The lowest BCUT2D eigenvalue weighted by molar-refractivity contribution is 0.219. The summed E-state index contributed by atoms with van der Waals surface area (Å²) in [5.41, 5.74) is 1.12. The van der Waals surface area contributed by atoms with Crippen molar-refractivity contribution in [2.45, 2.75) is 33.2 Å². The second kappa shape index (κ2) is 10.9. The third-order valence-electron chi connectivity index (χ3n) is 4.40. The number of hydrogen-bond donors (Lipinski definition) is 2. The predicted molar refractivity (Wildman–Crippen MR) is 109 cm³/mol. The Kier molecular flexibility index (Phi) is 8.54. The molecule has 0 fully saturated rings. The van der Waals surface area contributed by atoms with Crippen molar-refractivity contribution in [3.63, 3.8) is 0 Å². The summed E-state index contributed by atoms with van der Waals surface area (Å²) in [4.78, 5) is 10.9. The molecule has 1 aromatic carbocycles. The van der Waals surface area contributed by atoms with E-state index < -0.39 is 0 Å². The van der Waals surface area contributed by atoms with Crippen molar-refractivity contribution in [3.05, 3.63) is 46.6 Å². The monoisotopic (exact) mass is 392 g/mol. The minimum atomic E-state index is 0.158. The second-order valence-corrected chi connectivity index (χ2v) is 6.53. The fraction of sp³-hybridized carbons (Fsp3) is 0.526. The minimum absolute atomic E-state index is 0.158. The van der Waals surface area contributed by atoms with Gasteiger partial charge in [0.2, 0.25) is 5.89 Å². The molecule has 1 aromatic heterocycles. The summed E-state index contributed by atoms with van der Waals surface area (Å²) >= 11 is 6.46. The number of nitrogens with zero attached hydrogens (tertiary/aromatic N) is 4. The zero-order chi connectivity index (χ0) is 19.6. The zero-order valence-corrected chi connectivity index (χ0v) is 17.3. The maximum Gasteiger partial charge on any atom is 0.228 e. The lowest BCUT2D eigenvalue weighted by Gasteiger charge is -2.31. The highest BCUT2D eigenvalue weighted by atomic mass is 35.5. The first kappa shape index (κ1) is 21.2. The number of rotatable bonds is 9. The SMILES string of the molecule is CCN(CC)C(CNC(=NC)NCCc1nc(C)no1)c1ccccc1Cl. The number of nitrogens with one attached hydrogen (secondary N) is 2. The molecule has 0 saturated heterocycles. The van der Waals surface area contributed by atoms with Crippen LogP contribution in [0.2, 0.25) is 5.02 Å². The Morgan fingerprint density at radius 2 is 2.00 bits per heavy atom. The van der Waals surface area contributed by atoms with Gasteiger partial charge in [-0.05, 0) is 31.6 Å². The van der Waals surface area contributed by atoms with Crippen molar-refractivity contribution in [1.82, 2.24) is 25.7 Å². The summed E-state index contributed by atoms with van der Waals surface area (Å²) < 4.78 is 5.13. The normalized spacial score (nSPS) is 13.0. The van der Waals surface area contributed by atoms with Gasteiger partial charge in [-0.2, -0.15) is 4.98 Å². The van der Waals surface area contributed by atoms with Crippen LogP contribution in [0.4, 0.5) is 0 Å². The summed E-state index contributed by atoms with van der Waals surface area (Å²) in [6, 6.07) is 8.16. The van der Waals surface area contributed by atoms with Crippen molar-refractivity contribution >= 4 is 17.6 Å². The third kappa shape index (κ3) is 6.22. The van der Waals surface area contributed by atoms with E-state index in [-0.39, 0.29) is 6.04 Å². The molecule has 0 spiro atoms. The Morgan fingerprint density at radius 3 is 2.59 bits per heavy atom. The topological polar surface area (TPSA) is 78.6 Å². The molecular weight excluding hydrogens is 364 g/mol. The molecule has 0 bridgehead atoms. The highest BCUT2D eigenvalue weighted by molar-refractivity contribution is 6.31. The molecule has 0 saturated carbocycles. The van der Waals surface area contributed by atoms with Crippen LogP contribution in [0.1, 0.15) is 37.2 Å². The maximum atomic E-state index is 6.46. The Balaban J connectivity index is 1.96. The molecule has 1 unspecified atom stereocenters. The molecule has 148 valence electrons. The van der Waals surface area contributed by atoms with Gasteiger partial charge in [0.05, 0.1) is 6.04 Å². The number of benzene rings is 1. The fourth-order valence-electron chi connectivity index (χ4n) is 2.99. The standard InChI is InChI=1S/C19H29ClN6O/c1-5-26(6-2)17(15-9-7-8-10-16(15)20)13-23-19(21-4)22-12-11-18-24-14(3)25-27-18/h7-10,17H,5-6,11-13H2,1-4H3,(H2,21,22,23). The van der Waals surface area contributed by atoms with Crippen molar-refractivity contribution in [1.29, 1.82) is 0 Å². The average Bonchev–Trinajstić information content (AvgIpc) is 3.09. The van der Waals surface area contributed by atoms with Gasteiger partial charge in [-0.1, -0.05) is 48.8 Å². The lowest BCUT2D eigenvalue weighted by atomic mass is 10.0. The Labute approximate surface area is 166 Å². The fourth-order valence-corrected chi connectivity index (χ4v) is 3.25. The maximum absolute atomic E-state index is 6.46. The van der Waals surface area contributed by atoms with Gasteiger partial charge in [-0.3, -0.25) is 9.89 Å². The van der Waals surface area contributed by atoms with Gasteiger partial charge in [-0.15, -0.1) is 0 Å². The largest absolute Gasteiger partial charge is 0.356 e. The van der Waals surface area contributed by atoms with Crippen molar-refractivity contribution in [2.75, 3.05) is 33.2 Å². The zero-order valence-electron chi connectivity index (χ0n) is 16.5. The number of aromatic nitrogens is 2. The quantitative estimate of drug-likeness (QED) is 0.504. The summed E-state index contributed by atoms with van der Waals surface area (Å²) in [6.45, 7) is 9.36. The van der Waals surface area contributed by atoms with E-state index in [0.29, 0.717) is 31.2 Å². The number of aryl methyl sites for hydroxylation is 1. The van der Waals surface area contributed by atoms with E-state index in [1.165, 1.54) is 0 Å². The van der Waals surface area contributed by atoms with E-state index in [4.69, 9.17) is 16.1 Å². The van der Waals surface area contributed by atoms with Crippen LogP contribution in [-0.4, -0.2) is 54.2 Å². The van der Waals surface area contributed by atoms with Crippen LogP contribution < -0.4 is 10.6 Å². The van der Waals surface area contributed by atoms with Crippen LogP contribution in [-0.2, 0) is 6.42 Å². The minimum Gasteiger partial charge on any atom is -0.356 e. The molecule has 27 heavy (non-hydrogen) atoms. The van der Waals surface area contributed by atoms with Crippen molar-refractivity contribution in [2.24, 2.45) is 4.99 Å². The van der Waals surface area contributed by atoms with Gasteiger partial charge < -0.3 is 15.2 Å². The molecule has 0 aliphatic carbocycles. The molecule has 2 N–H and O–H groups in total. The summed E-state index contributed by atoms with van der Waals surface area (Å²) in [7, 11) is 1.76. The van der Waals surface area contributed by atoms with Gasteiger partial charge in [-0.25, -0.2) is 0 Å². The molecule has 0 amide bonds. The smallest absolute Gasteiger partial charge is 0.228 e. The van der Waals surface area contributed by atoms with Gasteiger partial charge in [0.1, 0.15) is 0 Å². The predicted octanol–water partition coefficient (Wildman–Crippen LogP) is 2.82. The molecule has 0 aliphatic rings. The lowest BCUT2D eigenvalue weighted by Crippen LogP contribution is -2.43. The van der Waals surface area contributed by atoms with Gasteiger partial charge >= 0.3 is 0 Å². The van der Waals surface area contributed by atoms with E-state index >= 15 is 0 Å². The molecule has 2 rings (SSSR count). The van der Waals surface area contributed by atoms with Gasteiger partial charge in [0.25, 0.3) is 0 Å². The Morgan fingerprint density at radius 1 is 1.26 bits per heavy atom. The summed E-state index contributed by atoms with van der Waals surface area (Å²) in [5.74, 6) is 2.00. The third-order valence-corrected chi connectivity index (χ3v) is 4.75. The van der Waals surface area contributed by atoms with E-state index in [0.717, 1.165) is 29.6 Å². The first-order chi connectivity index (χ1) is 13.1. The second-order valence-electron chi connectivity index (χ2n) is 6.12. The highest BCUT2D eigenvalue weighted by Gasteiger charge is 2.20. The van der Waals surface area contributed by atoms with E-state index in [9.17, 15) is 0 Å². The van der Waals surface area contributed by atoms with Crippen molar-refractivity contribution in [3.8, 4) is 0 Å². The van der Waals surface area contributed by atoms with E-state index in [1.54, 1.807) is 7.05 Å². The first-order valence-corrected chi connectivity index (χ1v) is 9.69. The van der Waals surface area contributed by atoms with E-state index in [1.807, 2.05) is 25.1 Å². The molecule has 0 radical (unpaired) electrons. The summed E-state index contributed by atoms with van der Waals surface area (Å²) in [5, 5.41) is 11.3. The Bertz CT molecular complexity index is 728. The molecule has 2 aromatic rings. The number of hydrogen-bond acceptors (Lipinski definition) is 5. The van der Waals surface area contributed by atoms with Crippen LogP contribution in [0, 0.1) is 6.92 Å². The number of likely N-dealkylation sites (N-methyl/N-ethyl adjacent to an activating group) is 1. The molecule has 7 nitrogen and oxygen atoms in total. The number of guanidine groups is 1. The summed E-state index contributed by atoms with van der Waals surface area (Å²) in [6.07, 6.45) is 0.644. The van der Waals surface area contributed by atoms with Crippen LogP contribution in [0.25, 0.3) is 0 Å². The molecule has 1 atom stereocenters. The van der Waals surface area contributed by atoms with Crippen LogP contribution in [0.5, 0.6) is 0 Å². The van der Waals surface area contributed by atoms with E-state index in [2.05, 4.69) is 50.6 Å². The number of aliphatic imine (C=N–C) groups is 1. The molecule has 8 heteroatoms. The van der Waals surface area contributed by atoms with Crippen LogP contribution in [0.15, 0.2) is 33.8 Å². The van der Waals surface area contributed by atoms with Crippen molar-refractivity contribution < 1.29 is 4.52 Å². The molecule has 1 heterocycles.